The molecular formula is C47H57N7O10. The quantitative estimate of drug-likeness (QED) is 0.180. The minimum absolute atomic E-state index is 0.00391. The van der Waals surface area contributed by atoms with Crippen molar-refractivity contribution in [2.24, 2.45) is 5.92 Å². The van der Waals surface area contributed by atoms with E-state index in [1.54, 1.807) is 50.2 Å². The number of nitrogens with zero attached hydrogens (tertiary/aromatic N) is 3. The lowest BCUT2D eigenvalue weighted by Crippen LogP contribution is -2.60. The van der Waals surface area contributed by atoms with Gasteiger partial charge < -0.3 is 51.3 Å². The third-order valence-electron chi connectivity index (χ3n) is 12.7. The van der Waals surface area contributed by atoms with Crippen LogP contribution in [0.2, 0.25) is 0 Å². The van der Waals surface area contributed by atoms with Crippen molar-refractivity contribution in [1.82, 2.24) is 36.0 Å². The van der Waals surface area contributed by atoms with Crippen LogP contribution in [0.3, 0.4) is 0 Å². The highest BCUT2D eigenvalue weighted by Gasteiger charge is 2.46. The summed E-state index contributed by atoms with van der Waals surface area (Å²) in [7, 11) is 0. The lowest BCUT2D eigenvalue weighted by molar-refractivity contribution is -0.148. The molecule has 64 heavy (non-hydrogen) atoms. The van der Waals surface area contributed by atoms with Crippen molar-refractivity contribution in [3.63, 3.8) is 0 Å². The molecule has 7 rings (SSSR count). The molecule has 4 saturated heterocycles. The maximum absolute atomic E-state index is 14.8. The maximum Gasteiger partial charge on any atom is 0.246 e. The molecule has 0 bridgehead atoms. The number of nitrogens with one attached hydrogen (secondary N) is 4. The zero-order chi connectivity index (χ0) is 45.7. The van der Waals surface area contributed by atoms with E-state index >= 15 is 0 Å². The second kappa shape index (κ2) is 19.8. The third-order valence-corrected chi connectivity index (χ3v) is 12.7. The Hall–Kier alpha value is -6.65. The molecule has 0 saturated carbocycles. The van der Waals surface area contributed by atoms with Gasteiger partial charge in [-0.3, -0.25) is 33.6 Å². The summed E-state index contributed by atoms with van der Waals surface area (Å²) in [6.45, 7) is 4.26. The number of benzene rings is 3. The Balaban J connectivity index is 1.29. The van der Waals surface area contributed by atoms with Gasteiger partial charge in [0.05, 0.1) is 0 Å². The van der Waals surface area contributed by atoms with Crippen molar-refractivity contribution in [2.45, 2.75) is 114 Å². The molecule has 7 atom stereocenters. The van der Waals surface area contributed by atoms with Crippen molar-refractivity contribution in [3.05, 3.63) is 89.5 Å². The van der Waals surface area contributed by atoms with E-state index < -0.39 is 89.6 Å². The van der Waals surface area contributed by atoms with Crippen molar-refractivity contribution in [2.75, 3.05) is 19.6 Å². The van der Waals surface area contributed by atoms with Gasteiger partial charge in [-0.25, -0.2) is 0 Å². The predicted octanol–water partition coefficient (Wildman–Crippen LogP) is 1.41. The predicted molar refractivity (Wildman–Crippen MR) is 232 cm³/mol. The number of carbonyl (C=O) groups is 7. The van der Waals surface area contributed by atoms with E-state index in [0.717, 1.165) is 0 Å². The first-order valence-electron chi connectivity index (χ1n) is 22.1. The van der Waals surface area contributed by atoms with E-state index in [0.29, 0.717) is 48.8 Å². The normalized spacial score (nSPS) is 26.4. The number of carbonyl (C=O) groups excluding carboxylic acids is 7. The molecule has 7 amide bonds. The van der Waals surface area contributed by atoms with Gasteiger partial charge in [-0.1, -0.05) is 50.2 Å². The number of phenols is 3. The van der Waals surface area contributed by atoms with Crippen LogP contribution in [0, 0.1) is 5.92 Å². The molecule has 17 heteroatoms. The van der Waals surface area contributed by atoms with Crippen LogP contribution in [0.15, 0.2) is 72.8 Å². The highest BCUT2D eigenvalue weighted by Crippen LogP contribution is 2.28. The van der Waals surface area contributed by atoms with Gasteiger partial charge in [0.15, 0.2) is 0 Å². The van der Waals surface area contributed by atoms with E-state index in [4.69, 9.17) is 0 Å². The number of hydrogen-bond donors (Lipinski definition) is 7. The SMILES string of the molecule is CC(C)[C@@H]1NC(=O)[C@@H]2CCCN2C(=O)[C@@H]2CCCN2C(=O)[C@H](Cc2ccc(O)cc2)NC(=O)[C@H](Cc2ccc(O)cc2)NC(=O)[C@H](Cc2ccc(O)cc2)NC(=O)[C@@H]2CCCN2C1=O. The largest absolute Gasteiger partial charge is 0.508 e. The zero-order valence-corrected chi connectivity index (χ0v) is 36.1. The lowest BCUT2D eigenvalue weighted by atomic mass is 10.00. The summed E-state index contributed by atoms with van der Waals surface area (Å²) in [4.78, 5) is 106. The summed E-state index contributed by atoms with van der Waals surface area (Å²) in [5, 5.41) is 41.5. The number of aromatic hydroxyl groups is 3. The molecule has 4 heterocycles. The molecule has 17 nitrogen and oxygen atoms in total. The Morgan fingerprint density at radius 1 is 0.453 bits per heavy atom. The van der Waals surface area contributed by atoms with Gasteiger partial charge in [-0.05, 0) is 97.5 Å². The Morgan fingerprint density at radius 3 is 1.23 bits per heavy atom. The monoisotopic (exact) mass is 879 g/mol. The van der Waals surface area contributed by atoms with E-state index in [1.807, 2.05) is 0 Å². The maximum atomic E-state index is 14.8. The van der Waals surface area contributed by atoms with Crippen molar-refractivity contribution < 1.29 is 48.9 Å². The first-order chi connectivity index (χ1) is 30.7. The fraction of sp³-hybridized carbons (Fsp3) is 0.468. The average molecular weight is 880 g/mol. The summed E-state index contributed by atoms with van der Waals surface area (Å²) in [6.07, 6.45) is 2.24. The topological polar surface area (TPSA) is 238 Å². The summed E-state index contributed by atoms with van der Waals surface area (Å²) in [6, 6.07) is 10.5. The Labute approximate surface area is 371 Å². The number of fused-ring (bicyclic) bond motifs is 3. The first kappa shape index (κ1) is 45.4. The summed E-state index contributed by atoms with van der Waals surface area (Å²) >= 11 is 0. The van der Waals surface area contributed by atoms with Crippen LogP contribution in [0.1, 0.15) is 69.1 Å². The number of hydrogen-bond acceptors (Lipinski definition) is 10. The van der Waals surface area contributed by atoms with Crippen molar-refractivity contribution in [3.8, 4) is 17.2 Å². The van der Waals surface area contributed by atoms with Crippen LogP contribution in [0.25, 0.3) is 0 Å². The van der Waals surface area contributed by atoms with Gasteiger partial charge in [-0.15, -0.1) is 0 Å². The number of amides is 7. The first-order valence-corrected chi connectivity index (χ1v) is 22.1. The Bertz CT molecular complexity index is 2220. The lowest BCUT2D eigenvalue weighted by Gasteiger charge is -2.34. The van der Waals surface area contributed by atoms with E-state index in [1.165, 1.54) is 51.1 Å². The molecule has 7 N–H and O–H groups in total. The van der Waals surface area contributed by atoms with Gasteiger partial charge in [-0.2, -0.15) is 0 Å². The minimum Gasteiger partial charge on any atom is -0.508 e. The van der Waals surface area contributed by atoms with Crippen molar-refractivity contribution >= 4 is 41.4 Å². The van der Waals surface area contributed by atoms with Crippen molar-refractivity contribution in [1.29, 1.82) is 0 Å². The molecule has 4 fully saturated rings. The highest BCUT2D eigenvalue weighted by atomic mass is 16.3. The van der Waals surface area contributed by atoms with Crippen LogP contribution in [0.5, 0.6) is 17.2 Å². The van der Waals surface area contributed by atoms with Crippen LogP contribution in [-0.2, 0) is 52.8 Å². The van der Waals surface area contributed by atoms with Gasteiger partial charge in [0.25, 0.3) is 0 Å². The summed E-state index contributed by atoms with van der Waals surface area (Å²) < 4.78 is 0. The molecule has 340 valence electrons. The number of phenolic OH excluding ortho intramolecular Hbond substituents is 3. The minimum atomic E-state index is -1.34. The summed E-state index contributed by atoms with van der Waals surface area (Å²) in [5.41, 5.74) is 1.71. The molecule has 0 aromatic heterocycles. The van der Waals surface area contributed by atoms with Crippen LogP contribution in [-0.4, -0.2) is 133 Å². The molecule has 0 radical (unpaired) electrons. The second-order valence-electron chi connectivity index (χ2n) is 17.6. The standard InChI is InChI=1S/C47H57N7O10/c1-27(2)40-47(64)53-22-4-6-37(53)43(60)49-35(25-29-11-17-32(56)18-12-29)41(58)48-34(24-28-9-15-31(55)16-10-28)42(59)50-36(26-30-13-19-33(57)20-14-30)45(62)54-23-5-8-39(54)46(63)52-21-3-7-38(52)44(61)51-40/h9-20,27,34-40,55-57H,3-8,21-26H2,1-2H3,(H,48,58)(H,49,60)(H,50,59)(H,51,61)/t34-,35-,36-,37-,38-,39-,40-/m0/s1. The average Bonchev–Trinajstić information content (AvgIpc) is 4.08. The van der Waals surface area contributed by atoms with Gasteiger partial charge in [0, 0.05) is 38.9 Å². The molecule has 3 aromatic rings. The van der Waals surface area contributed by atoms with Crippen LogP contribution >= 0.6 is 0 Å². The summed E-state index contributed by atoms with van der Waals surface area (Å²) in [5.74, 6) is -4.49. The highest BCUT2D eigenvalue weighted by molar-refractivity contribution is 5.99. The molecular weight excluding hydrogens is 823 g/mol. The molecule has 4 aliphatic rings. The third kappa shape index (κ3) is 10.4. The van der Waals surface area contributed by atoms with Crippen LogP contribution < -0.4 is 21.3 Å². The van der Waals surface area contributed by atoms with E-state index in [2.05, 4.69) is 21.3 Å². The molecule has 0 unspecified atom stereocenters. The van der Waals surface area contributed by atoms with Gasteiger partial charge >= 0.3 is 0 Å². The van der Waals surface area contributed by atoms with E-state index in [-0.39, 0.29) is 62.6 Å². The molecule has 0 aliphatic carbocycles. The van der Waals surface area contributed by atoms with E-state index in [9.17, 15) is 48.9 Å². The van der Waals surface area contributed by atoms with Crippen LogP contribution in [0.4, 0.5) is 0 Å². The molecule has 3 aromatic carbocycles. The molecule has 4 aliphatic heterocycles. The Morgan fingerprint density at radius 2 is 0.797 bits per heavy atom. The zero-order valence-electron chi connectivity index (χ0n) is 36.1. The van der Waals surface area contributed by atoms with Gasteiger partial charge in [0.1, 0.15) is 59.5 Å². The fourth-order valence-corrected chi connectivity index (χ4v) is 9.26. The smallest absolute Gasteiger partial charge is 0.246 e. The Kier molecular flexibility index (Phi) is 14.0. The van der Waals surface area contributed by atoms with Gasteiger partial charge in [0.2, 0.25) is 41.4 Å². The second-order valence-corrected chi connectivity index (χ2v) is 17.6. The fourth-order valence-electron chi connectivity index (χ4n) is 9.26. The number of rotatable bonds is 7. The molecule has 0 spiro atoms.